The van der Waals surface area contributed by atoms with Gasteiger partial charge < -0.3 is 15.2 Å². The summed E-state index contributed by atoms with van der Waals surface area (Å²) < 4.78 is 6.88. The van der Waals surface area contributed by atoms with Gasteiger partial charge in [-0.3, -0.25) is 4.68 Å². The van der Waals surface area contributed by atoms with Crippen LogP contribution in [0.5, 0.6) is 0 Å². The first-order valence-corrected chi connectivity index (χ1v) is 6.34. The quantitative estimate of drug-likeness (QED) is 0.837. The molecule has 8 heteroatoms. The molecule has 0 spiro atoms. The van der Waals surface area contributed by atoms with Gasteiger partial charge >= 0.3 is 5.97 Å². The molecule has 8 nitrogen and oxygen atoms in total. The van der Waals surface area contributed by atoms with E-state index in [1.165, 1.54) is 6.33 Å². The summed E-state index contributed by atoms with van der Waals surface area (Å²) in [6.07, 6.45) is 3.83. The number of aliphatic carboxylic acids is 1. The van der Waals surface area contributed by atoms with Crippen molar-refractivity contribution in [2.45, 2.75) is 18.4 Å². The minimum atomic E-state index is -1.05. The van der Waals surface area contributed by atoms with Gasteiger partial charge in [-0.25, -0.2) is 14.8 Å². The first kappa shape index (κ1) is 12.8. The third-order valence-electron chi connectivity index (χ3n) is 3.64. The lowest BCUT2D eigenvalue weighted by molar-refractivity contribution is -0.145. The van der Waals surface area contributed by atoms with Crippen LogP contribution in [0.25, 0.3) is 11.0 Å². The molecular formula is C12H15N5O3. The predicted octanol–water partition coefficient (Wildman–Crippen LogP) is 0.409. The van der Waals surface area contributed by atoms with Crippen LogP contribution >= 0.6 is 0 Å². The highest BCUT2D eigenvalue weighted by Gasteiger charge is 2.41. The molecule has 0 bridgehead atoms. The first-order chi connectivity index (χ1) is 9.62. The van der Waals surface area contributed by atoms with Crippen LogP contribution in [0.3, 0.4) is 0 Å². The highest BCUT2D eigenvalue weighted by Crippen LogP contribution is 2.28. The molecule has 0 saturated carbocycles. The summed E-state index contributed by atoms with van der Waals surface area (Å²) >= 11 is 0. The third-order valence-corrected chi connectivity index (χ3v) is 3.64. The number of hydrogen-bond donors (Lipinski definition) is 2. The summed E-state index contributed by atoms with van der Waals surface area (Å²) in [6.45, 7) is 0.834. The number of nitrogens with zero attached hydrogens (tertiary/aromatic N) is 4. The molecule has 1 saturated heterocycles. The third kappa shape index (κ3) is 1.97. The fraction of sp³-hybridized carbons (Fsp3) is 0.500. The fourth-order valence-corrected chi connectivity index (χ4v) is 2.40. The van der Waals surface area contributed by atoms with Gasteiger partial charge in [-0.2, -0.15) is 5.10 Å². The maximum atomic E-state index is 11.6. The summed E-state index contributed by atoms with van der Waals surface area (Å²) in [4.78, 5) is 19.9. The molecule has 0 aromatic carbocycles. The summed E-state index contributed by atoms with van der Waals surface area (Å²) in [5.41, 5.74) is -0.384. The lowest BCUT2D eigenvalue weighted by Gasteiger charge is -2.34. The summed E-state index contributed by atoms with van der Waals surface area (Å²) in [7, 11) is 1.78. The molecule has 106 valence electrons. The predicted molar refractivity (Wildman–Crippen MR) is 70.3 cm³/mol. The smallest absolute Gasteiger partial charge is 0.329 e. The van der Waals surface area contributed by atoms with Crippen molar-refractivity contribution in [3.05, 3.63) is 12.5 Å². The minimum Gasteiger partial charge on any atom is -0.480 e. The molecule has 1 aliphatic heterocycles. The van der Waals surface area contributed by atoms with Crippen molar-refractivity contribution < 1.29 is 14.6 Å². The van der Waals surface area contributed by atoms with Crippen LogP contribution in [0.15, 0.2) is 12.5 Å². The zero-order chi connectivity index (χ0) is 14.2. The van der Waals surface area contributed by atoms with Crippen LogP contribution in [0.2, 0.25) is 0 Å². The van der Waals surface area contributed by atoms with Gasteiger partial charge in [0.05, 0.1) is 11.6 Å². The van der Waals surface area contributed by atoms with Gasteiger partial charge in [-0.15, -0.1) is 0 Å². The molecule has 1 aliphatic rings. The molecule has 20 heavy (non-hydrogen) atoms. The number of ether oxygens (including phenoxy) is 1. The number of hydrogen-bond acceptors (Lipinski definition) is 6. The van der Waals surface area contributed by atoms with Crippen LogP contribution in [0.4, 0.5) is 5.82 Å². The van der Waals surface area contributed by atoms with Crippen molar-refractivity contribution in [3.8, 4) is 0 Å². The SMILES string of the molecule is Cn1ncc2c(NC3(C(=O)O)CCOCC3)ncnc21. The van der Waals surface area contributed by atoms with Crippen molar-refractivity contribution in [3.63, 3.8) is 0 Å². The van der Waals surface area contributed by atoms with E-state index in [9.17, 15) is 9.90 Å². The van der Waals surface area contributed by atoms with Gasteiger partial charge in [0.15, 0.2) is 5.65 Å². The van der Waals surface area contributed by atoms with E-state index in [4.69, 9.17) is 4.74 Å². The van der Waals surface area contributed by atoms with E-state index in [1.54, 1.807) is 17.9 Å². The maximum Gasteiger partial charge on any atom is 0.329 e. The molecule has 3 rings (SSSR count). The molecule has 1 fully saturated rings. The minimum absolute atomic E-state index is 0.397. The van der Waals surface area contributed by atoms with E-state index in [2.05, 4.69) is 20.4 Å². The van der Waals surface area contributed by atoms with E-state index < -0.39 is 11.5 Å². The monoisotopic (exact) mass is 277 g/mol. The Kier molecular flexibility index (Phi) is 3.01. The van der Waals surface area contributed by atoms with Gasteiger partial charge in [0, 0.05) is 33.1 Å². The standard InChI is InChI=1S/C12H15N5O3/c1-17-10-8(6-15-17)9(13-7-14-10)16-12(11(18)19)2-4-20-5-3-12/h6-7H,2-5H2,1H3,(H,18,19)(H,13,14,16). The Morgan fingerprint density at radius 1 is 1.45 bits per heavy atom. The second kappa shape index (κ2) is 4.71. The van der Waals surface area contributed by atoms with Crippen LogP contribution in [-0.4, -0.2) is 49.6 Å². The Bertz CT molecular complexity index is 648. The van der Waals surface area contributed by atoms with Crippen molar-refractivity contribution in [2.24, 2.45) is 7.05 Å². The molecule has 2 N–H and O–H groups in total. The zero-order valence-corrected chi connectivity index (χ0v) is 11.0. The average molecular weight is 277 g/mol. The molecule has 0 atom stereocenters. The topological polar surface area (TPSA) is 102 Å². The van der Waals surface area contributed by atoms with Gasteiger partial charge in [-0.1, -0.05) is 0 Å². The Labute approximate surface area is 114 Å². The average Bonchev–Trinajstić information content (AvgIpc) is 2.83. The Morgan fingerprint density at radius 2 is 2.20 bits per heavy atom. The van der Waals surface area contributed by atoms with E-state index in [0.717, 1.165) is 0 Å². The summed E-state index contributed by atoms with van der Waals surface area (Å²) in [5.74, 6) is -0.399. The molecule has 0 radical (unpaired) electrons. The van der Waals surface area contributed by atoms with Crippen LogP contribution in [0.1, 0.15) is 12.8 Å². The lowest BCUT2D eigenvalue weighted by atomic mass is 9.90. The van der Waals surface area contributed by atoms with E-state index in [-0.39, 0.29) is 0 Å². The second-order valence-electron chi connectivity index (χ2n) is 4.85. The van der Waals surface area contributed by atoms with Crippen LogP contribution in [-0.2, 0) is 16.6 Å². The highest BCUT2D eigenvalue weighted by molar-refractivity contribution is 5.90. The Morgan fingerprint density at radius 3 is 2.90 bits per heavy atom. The van der Waals surface area contributed by atoms with E-state index in [1.807, 2.05) is 0 Å². The number of carboxylic acid groups (broad SMARTS) is 1. The Hall–Kier alpha value is -2.22. The lowest BCUT2D eigenvalue weighted by Crippen LogP contribution is -2.50. The van der Waals surface area contributed by atoms with E-state index >= 15 is 0 Å². The van der Waals surface area contributed by atoms with Crippen LogP contribution in [0, 0.1) is 0 Å². The van der Waals surface area contributed by atoms with Gasteiger partial charge in [0.25, 0.3) is 0 Å². The molecule has 0 amide bonds. The second-order valence-corrected chi connectivity index (χ2v) is 4.85. The molecule has 2 aromatic heterocycles. The molecule has 0 unspecified atom stereocenters. The largest absolute Gasteiger partial charge is 0.480 e. The number of rotatable bonds is 3. The van der Waals surface area contributed by atoms with E-state index in [0.29, 0.717) is 42.9 Å². The normalized spacial score (nSPS) is 18.1. The number of fused-ring (bicyclic) bond motifs is 1. The number of carboxylic acids is 1. The summed E-state index contributed by atoms with van der Waals surface area (Å²) in [5, 5.41) is 17.4. The fourth-order valence-electron chi connectivity index (χ4n) is 2.40. The zero-order valence-electron chi connectivity index (χ0n) is 11.0. The molecule has 0 aliphatic carbocycles. The van der Waals surface area contributed by atoms with Gasteiger partial charge in [-0.05, 0) is 0 Å². The number of aryl methyl sites for hydroxylation is 1. The number of aromatic nitrogens is 4. The van der Waals surface area contributed by atoms with Crippen molar-refractivity contribution in [1.82, 2.24) is 19.7 Å². The van der Waals surface area contributed by atoms with Crippen molar-refractivity contribution >= 4 is 22.8 Å². The van der Waals surface area contributed by atoms with Crippen molar-refractivity contribution in [2.75, 3.05) is 18.5 Å². The van der Waals surface area contributed by atoms with Gasteiger partial charge in [0.2, 0.25) is 0 Å². The highest BCUT2D eigenvalue weighted by atomic mass is 16.5. The maximum absolute atomic E-state index is 11.6. The number of nitrogens with one attached hydrogen (secondary N) is 1. The molecule has 2 aromatic rings. The number of anilines is 1. The molecular weight excluding hydrogens is 262 g/mol. The Balaban J connectivity index is 2.00. The molecule has 3 heterocycles. The summed E-state index contributed by atoms with van der Waals surface area (Å²) in [6, 6.07) is 0. The number of carbonyl (C=O) groups is 1. The van der Waals surface area contributed by atoms with Gasteiger partial charge in [0.1, 0.15) is 17.7 Å². The van der Waals surface area contributed by atoms with Crippen molar-refractivity contribution in [1.29, 1.82) is 0 Å². The van der Waals surface area contributed by atoms with Crippen LogP contribution < -0.4 is 5.32 Å². The first-order valence-electron chi connectivity index (χ1n) is 6.34.